The van der Waals surface area contributed by atoms with Crippen LogP contribution in [0.15, 0.2) is 29.3 Å². The molecule has 2 heterocycles. The summed E-state index contributed by atoms with van der Waals surface area (Å²) >= 11 is 5.89. The van der Waals surface area contributed by atoms with Crippen molar-refractivity contribution in [1.29, 1.82) is 0 Å². The molecule has 1 aliphatic heterocycles. The van der Waals surface area contributed by atoms with E-state index in [-0.39, 0.29) is 12.1 Å². The summed E-state index contributed by atoms with van der Waals surface area (Å²) in [4.78, 5) is 16.7. The molecular formula is C14H16ClN3O2. The Kier molecular flexibility index (Phi) is 3.50. The third kappa shape index (κ3) is 2.57. The van der Waals surface area contributed by atoms with Crippen LogP contribution in [0.4, 0.5) is 0 Å². The summed E-state index contributed by atoms with van der Waals surface area (Å²) in [6.07, 6.45) is 2.76. The molecule has 1 saturated heterocycles. The van der Waals surface area contributed by atoms with E-state index in [1.54, 1.807) is 18.2 Å². The highest BCUT2D eigenvalue weighted by Gasteiger charge is 2.30. The summed E-state index contributed by atoms with van der Waals surface area (Å²) in [7, 11) is 0. The number of rotatable bonds is 2. The Labute approximate surface area is 121 Å². The molecule has 5 nitrogen and oxygen atoms in total. The zero-order chi connectivity index (χ0) is 14.2. The van der Waals surface area contributed by atoms with Crippen molar-refractivity contribution in [2.45, 2.75) is 25.0 Å². The van der Waals surface area contributed by atoms with Crippen LogP contribution in [0.5, 0.6) is 0 Å². The van der Waals surface area contributed by atoms with Crippen molar-refractivity contribution in [3.05, 3.63) is 39.9 Å². The van der Waals surface area contributed by atoms with Gasteiger partial charge in [0.05, 0.1) is 29.4 Å². The van der Waals surface area contributed by atoms with Crippen molar-refractivity contribution in [1.82, 2.24) is 14.9 Å². The molecule has 2 aromatic rings. The average Bonchev–Trinajstić information content (AvgIpc) is 2.43. The van der Waals surface area contributed by atoms with E-state index in [9.17, 15) is 9.90 Å². The molecule has 0 aliphatic carbocycles. The molecule has 1 fully saturated rings. The Bertz CT molecular complexity index is 692. The number of piperidine rings is 1. The fraction of sp³-hybridized carbons (Fsp3) is 0.429. The van der Waals surface area contributed by atoms with Crippen molar-refractivity contribution in [2.24, 2.45) is 0 Å². The molecule has 20 heavy (non-hydrogen) atoms. The predicted octanol–water partition coefficient (Wildman–Crippen LogP) is 1.16. The lowest BCUT2D eigenvalue weighted by atomic mass is 9.92. The van der Waals surface area contributed by atoms with Crippen LogP contribution in [-0.2, 0) is 6.54 Å². The second-order valence-electron chi connectivity index (χ2n) is 5.31. The van der Waals surface area contributed by atoms with E-state index in [1.807, 2.05) is 0 Å². The molecule has 1 aromatic carbocycles. The molecule has 106 valence electrons. The third-order valence-electron chi connectivity index (χ3n) is 3.79. The molecule has 1 aliphatic rings. The Balaban J connectivity index is 1.98. The average molecular weight is 294 g/mol. The molecule has 0 amide bonds. The number of halogens is 1. The summed E-state index contributed by atoms with van der Waals surface area (Å²) in [5.74, 6) is 0. The normalized spacial score (nSPS) is 18.3. The molecule has 0 radical (unpaired) electrons. The lowest BCUT2D eigenvalue weighted by molar-refractivity contribution is -0.00627. The SMILES string of the molecule is O=c1c2ccc(Cl)cc2ncn1CC1(O)CCNCC1. The minimum atomic E-state index is -0.836. The van der Waals surface area contributed by atoms with E-state index in [4.69, 9.17) is 11.6 Å². The fourth-order valence-electron chi connectivity index (χ4n) is 2.61. The number of benzene rings is 1. The van der Waals surface area contributed by atoms with Crippen molar-refractivity contribution < 1.29 is 5.11 Å². The highest BCUT2D eigenvalue weighted by Crippen LogP contribution is 2.20. The summed E-state index contributed by atoms with van der Waals surface area (Å²) in [5, 5.41) is 14.8. The van der Waals surface area contributed by atoms with Crippen LogP contribution in [-0.4, -0.2) is 33.3 Å². The molecule has 0 spiro atoms. The van der Waals surface area contributed by atoms with E-state index < -0.39 is 5.60 Å². The van der Waals surface area contributed by atoms with Crippen molar-refractivity contribution >= 4 is 22.5 Å². The van der Waals surface area contributed by atoms with Crippen LogP contribution in [0.1, 0.15) is 12.8 Å². The van der Waals surface area contributed by atoms with E-state index in [0.717, 1.165) is 13.1 Å². The van der Waals surface area contributed by atoms with Crippen LogP contribution in [0, 0.1) is 0 Å². The van der Waals surface area contributed by atoms with Gasteiger partial charge in [-0.15, -0.1) is 0 Å². The first kappa shape index (κ1) is 13.5. The predicted molar refractivity (Wildman–Crippen MR) is 78.1 cm³/mol. The number of nitrogens with zero attached hydrogens (tertiary/aromatic N) is 2. The zero-order valence-corrected chi connectivity index (χ0v) is 11.7. The number of nitrogens with one attached hydrogen (secondary N) is 1. The third-order valence-corrected chi connectivity index (χ3v) is 4.02. The molecular weight excluding hydrogens is 278 g/mol. The Morgan fingerprint density at radius 2 is 2.15 bits per heavy atom. The van der Waals surface area contributed by atoms with Crippen LogP contribution in [0.3, 0.4) is 0 Å². The Morgan fingerprint density at radius 1 is 1.40 bits per heavy atom. The monoisotopic (exact) mass is 293 g/mol. The van der Waals surface area contributed by atoms with E-state index >= 15 is 0 Å². The van der Waals surface area contributed by atoms with Gasteiger partial charge in [-0.1, -0.05) is 11.6 Å². The van der Waals surface area contributed by atoms with Gasteiger partial charge in [0.15, 0.2) is 0 Å². The maximum Gasteiger partial charge on any atom is 0.261 e. The van der Waals surface area contributed by atoms with E-state index in [1.165, 1.54) is 10.9 Å². The summed E-state index contributed by atoms with van der Waals surface area (Å²) in [5.41, 5.74) is -0.397. The second-order valence-corrected chi connectivity index (χ2v) is 5.75. The molecule has 6 heteroatoms. The van der Waals surface area contributed by atoms with Gasteiger partial charge in [-0.05, 0) is 44.1 Å². The number of aromatic nitrogens is 2. The Morgan fingerprint density at radius 3 is 2.90 bits per heavy atom. The van der Waals surface area contributed by atoms with Crippen molar-refractivity contribution in [3.8, 4) is 0 Å². The molecule has 0 atom stereocenters. The molecule has 3 rings (SSSR count). The summed E-state index contributed by atoms with van der Waals surface area (Å²) < 4.78 is 1.49. The number of aliphatic hydroxyl groups is 1. The largest absolute Gasteiger partial charge is 0.388 e. The van der Waals surface area contributed by atoms with Gasteiger partial charge >= 0.3 is 0 Å². The van der Waals surface area contributed by atoms with Crippen molar-refractivity contribution in [3.63, 3.8) is 0 Å². The zero-order valence-electron chi connectivity index (χ0n) is 11.0. The molecule has 0 saturated carbocycles. The van der Waals surface area contributed by atoms with E-state index in [2.05, 4.69) is 10.3 Å². The van der Waals surface area contributed by atoms with Gasteiger partial charge in [-0.25, -0.2) is 4.98 Å². The van der Waals surface area contributed by atoms with Crippen LogP contribution in [0.25, 0.3) is 10.9 Å². The Hall–Kier alpha value is -1.43. The smallest absolute Gasteiger partial charge is 0.261 e. The first-order chi connectivity index (χ1) is 9.57. The highest BCUT2D eigenvalue weighted by molar-refractivity contribution is 6.31. The molecule has 2 N–H and O–H groups in total. The first-order valence-corrected chi connectivity index (χ1v) is 7.03. The summed E-state index contributed by atoms with van der Waals surface area (Å²) in [6.45, 7) is 1.81. The fourth-order valence-corrected chi connectivity index (χ4v) is 2.78. The minimum Gasteiger partial charge on any atom is -0.388 e. The van der Waals surface area contributed by atoms with Crippen LogP contribution >= 0.6 is 11.6 Å². The van der Waals surface area contributed by atoms with Gasteiger partial charge in [-0.2, -0.15) is 0 Å². The first-order valence-electron chi connectivity index (χ1n) is 6.65. The number of fused-ring (bicyclic) bond motifs is 1. The standard InChI is InChI=1S/C14H16ClN3O2/c15-10-1-2-11-12(7-10)17-9-18(13(11)19)8-14(20)3-5-16-6-4-14/h1-2,7,9,16,20H,3-6,8H2. The van der Waals surface area contributed by atoms with E-state index in [0.29, 0.717) is 28.8 Å². The van der Waals surface area contributed by atoms with Crippen LogP contribution in [0.2, 0.25) is 5.02 Å². The highest BCUT2D eigenvalue weighted by atomic mass is 35.5. The number of hydrogen-bond donors (Lipinski definition) is 2. The van der Waals surface area contributed by atoms with Gasteiger partial charge in [-0.3, -0.25) is 9.36 Å². The molecule has 0 unspecified atom stereocenters. The van der Waals surface area contributed by atoms with Crippen LogP contribution < -0.4 is 10.9 Å². The quantitative estimate of drug-likeness (QED) is 0.872. The topological polar surface area (TPSA) is 67.2 Å². The maximum atomic E-state index is 12.4. The van der Waals surface area contributed by atoms with Gasteiger partial charge in [0.25, 0.3) is 5.56 Å². The van der Waals surface area contributed by atoms with Gasteiger partial charge in [0, 0.05) is 5.02 Å². The number of hydrogen-bond acceptors (Lipinski definition) is 4. The van der Waals surface area contributed by atoms with Gasteiger partial charge in [0.2, 0.25) is 0 Å². The lowest BCUT2D eigenvalue weighted by Crippen LogP contribution is -2.46. The minimum absolute atomic E-state index is 0.140. The van der Waals surface area contributed by atoms with Gasteiger partial charge < -0.3 is 10.4 Å². The van der Waals surface area contributed by atoms with Gasteiger partial charge in [0.1, 0.15) is 0 Å². The summed E-state index contributed by atoms with van der Waals surface area (Å²) in [6, 6.07) is 5.02. The molecule has 0 bridgehead atoms. The molecule has 1 aromatic heterocycles. The maximum absolute atomic E-state index is 12.4. The lowest BCUT2D eigenvalue weighted by Gasteiger charge is -2.32. The second kappa shape index (κ2) is 5.16. The van der Waals surface area contributed by atoms with Crippen molar-refractivity contribution in [2.75, 3.05) is 13.1 Å².